The van der Waals surface area contributed by atoms with Crippen molar-refractivity contribution in [2.75, 3.05) is 55.7 Å². The molecule has 0 saturated carbocycles. The maximum Gasteiger partial charge on any atom is 0.228 e. The first-order valence-corrected chi connectivity index (χ1v) is 12.7. The van der Waals surface area contributed by atoms with Crippen LogP contribution in [-0.4, -0.2) is 70.9 Å². The SMILES string of the molecule is Oc1cc(-c2nc(N3CCOCC3)nc3c2CCN3c2ccncc2)ccc1CN1CCCCC1. The van der Waals surface area contributed by atoms with E-state index in [9.17, 15) is 5.11 Å². The molecule has 2 aromatic heterocycles. The number of aromatic nitrogens is 3. The van der Waals surface area contributed by atoms with E-state index in [1.807, 2.05) is 30.6 Å². The Balaban J connectivity index is 1.38. The van der Waals surface area contributed by atoms with Crippen LogP contribution in [0.3, 0.4) is 0 Å². The number of hydrogen-bond acceptors (Lipinski definition) is 8. The second-order valence-corrected chi connectivity index (χ2v) is 9.56. The zero-order valence-corrected chi connectivity index (χ0v) is 20.1. The van der Waals surface area contributed by atoms with Crippen molar-refractivity contribution < 1.29 is 9.84 Å². The highest BCUT2D eigenvalue weighted by molar-refractivity contribution is 5.77. The van der Waals surface area contributed by atoms with Crippen LogP contribution in [0.4, 0.5) is 17.5 Å². The monoisotopic (exact) mass is 472 g/mol. The largest absolute Gasteiger partial charge is 0.508 e. The molecule has 0 radical (unpaired) electrons. The van der Waals surface area contributed by atoms with E-state index in [4.69, 9.17) is 14.7 Å². The number of aromatic hydroxyl groups is 1. The van der Waals surface area contributed by atoms with Crippen LogP contribution in [0, 0.1) is 0 Å². The standard InChI is InChI=1S/C27H32N6O2/c34-24-18-20(4-5-21(24)19-31-11-2-1-3-12-31)25-23-8-13-33(22-6-9-28-10-7-22)26(23)30-27(29-25)32-14-16-35-17-15-32/h4-7,9-10,18,34H,1-3,8,11-17,19H2. The number of nitrogens with zero attached hydrogens (tertiary/aromatic N) is 6. The number of rotatable bonds is 5. The van der Waals surface area contributed by atoms with Gasteiger partial charge in [-0.05, 0) is 50.6 Å². The lowest BCUT2D eigenvalue weighted by molar-refractivity contribution is 0.122. The number of morpholine rings is 1. The predicted molar refractivity (Wildman–Crippen MR) is 136 cm³/mol. The van der Waals surface area contributed by atoms with Gasteiger partial charge in [-0.25, -0.2) is 4.98 Å². The summed E-state index contributed by atoms with van der Waals surface area (Å²) in [5, 5.41) is 11.0. The van der Waals surface area contributed by atoms with Crippen LogP contribution in [0.1, 0.15) is 30.4 Å². The van der Waals surface area contributed by atoms with Gasteiger partial charge in [0.1, 0.15) is 11.6 Å². The van der Waals surface area contributed by atoms with Crippen LogP contribution in [0.2, 0.25) is 0 Å². The van der Waals surface area contributed by atoms with Crippen molar-refractivity contribution in [3.63, 3.8) is 0 Å². The third-order valence-corrected chi connectivity index (χ3v) is 7.28. The normalized spacial score (nSPS) is 18.6. The Bertz CT molecular complexity index is 1180. The molecule has 0 aliphatic carbocycles. The Kier molecular flexibility index (Phi) is 6.22. The summed E-state index contributed by atoms with van der Waals surface area (Å²) in [5.41, 5.74) is 5.04. The summed E-state index contributed by atoms with van der Waals surface area (Å²) in [6.07, 6.45) is 8.28. The third-order valence-electron chi connectivity index (χ3n) is 7.28. The Labute approximate surface area is 206 Å². The third kappa shape index (κ3) is 4.56. The molecule has 0 unspecified atom stereocenters. The second kappa shape index (κ2) is 9.79. The molecule has 1 aromatic carbocycles. The quantitative estimate of drug-likeness (QED) is 0.602. The zero-order chi connectivity index (χ0) is 23.6. The molecule has 3 aliphatic rings. The van der Waals surface area contributed by atoms with Crippen LogP contribution in [-0.2, 0) is 17.7 Å². The van der Waals surface area contributed by atoms with Crippen molar-refractivity contribution in [3.05, 3.63) is 53.9 Å². The fraction of sp³-hybridized carbons (Fsp3) is 0.444. The molecule has 35 heavy (non-hydrogen) atoms. The number of phenols is 1. The summed E-state index contributed by atoms with van der Waals surface area (Å²) < 4.78 is 5.56. The van der Waals surface area contributed by atoms with E-state index in [0.29, 0.717) is 19.0 Å². The lowest BCUT2D eigenvalue weighted by Crippen LogP contribution is -2.37. The maximum atomic E-state index is 11.0. The van der Waals surface area contributed by atoms with Gasteiger partial charge in [0, 0.05) is 61.0 Å². The number of piperidine rings is 1. The molecule has 8 nitrogen and oxygen atoms in total. The number of benzene rings is 1. The summed E-state index contributed by atoms with van der Waals surface area (Å²) >= 11 is 0. The van der Waals surface area contributed by atoms with Crippen molar-refractivity contribution in [1.82, 2.24) is 19.9 Å². The first-order chi connectivity index (χ1) is 17.3. The number of likely N-dealkylation sites (tertiary alicyclic amines) is 1. The topological polar surface area (TPSA) is 77.9 Å². The number of fused-ring (bicyclic) bond motifs is 1. The van der Waals surface area contributed by atoms with Gasteiger partial charge in [-0.2, -0.15) is 4.98 Å². The Morgan fingerprint density at radius 2 is 1.69 bits per heavy atom. The Hall–Kier alpha value is -3.23. The summed E-state index contributed by atoms with van der Waals surface area (Å²) in [7, 11) is 0. The molecule has 2 fully saturated rings. The second-order valence-electron chi connectivity index (χ2n) is 9.56. The van der Waals surface area contributed by atoms with Crippen LogP contribution in [0.15, 0.2) is 42.7 Å². The lowest BCUT2D eigenvalue weighted by Gasteiger charge is -2.28. The maximum absolute atomic E-state index is 11.0. The zero-order valence-electron chi connectivity index (χ0n) is 20.1. The Morgan fingerprint density at radius 1 is 0.886 bits per heavy atom. The molecule has 1 N–H and O–H groups in total. The molecular formula is C27H32N6O2. The van der Waals surface area contributed by atoms with Crippen LogP contribution >= 0.6 is 0 Å². The minimum absolute atomic E-state index is 0.345. The van der Waals surface area contributed by atoms with Crippen molar-refractivity contribution >= 4 is 17.5 Å². The van der Waals surface area contributed by atoms with Gasteiger partial charge in [-0.3, -0.25) is 9.88 Å². The average molecular weight is 473 g/mol. The molecule has 6 rings (SSSR count). The number of pyridine rings is 1. The van der Waals surface area contributed by atoms with E-state index in [2.05, 4.69) is 31.8 Å². The summed E-state index contributed by atoms with van der Waals surface area (Å²) in [4.78, 5) is 21.1. The molecule has 8 heteroatoms. The van der Waals surface area contributed by atoms with Gasteiger partial charge in [0.2, 0.25) is 5.95 Å². The molecule has 0 atom stereocenters. The summed E-state index contributed by atoms with van der Waals surface area (Å²) in [6, 6.07) is 10.1. The molecule has 3 aliphatic heterocycles. The van der Waals surface area contributed by atoms with Crippen molar-refractivity contribution in [2.24, 2.45) is 0 Å². The van der Waals surface area contributed by atoms with Crippen LogP contribution in [0.25, 0.3) is 11.3 Å². The van der Waals surface area contributed by atoms with Gasteiger partial charge >= 0.3 is 0 Å². The fourth-order valence-corrected chi connectivity index (χ4v) is 5.37. The minimum Gasteiger partial charge on any atom is -0.508 e. The number of phenolic OH excluding ortho intramolecular Hbond substituents is 1. The molecular weight excluding hydrogens is 440 g/mol. The molecule has 5 heterocycles. The van der Waals surface area contributed by atoms with E-state index in [-0.39, 0.29) is 0 Å². The molecule has 0 amide bonds. The van der Waals surface area contributed by atoms with E-state index >= 15 is 0 Å². The summed E-state index contributed by atoms with van der Waals surface area (Å²) in [5.74, 6) is 2.01. The predicted octanol–water partition coefficient (Wildman–Crippen LogP) is 3.76. The number of hydrogen-bond donors (Lipinski definition) is 1. The summed E-state index contributed by atoms with van der Waals surface area (Å²) in [6.45, 7) is 6.74. The van der Waals surface area contributed by atoms with E-state index in [1.54, 1.807) is 0 Å². The molecule has 0 spiro atoms. The molecule has 2 saturated heterocycles. The first-order valence-electron chi connectivity index (χ1n) is 12.7. The first kappa shape index (κ1) is 22.2. The van der Waals surface area contributed by atoms with Crippen LogP contribution in [0.5, 0.6) is 5.75 Å². The van der Waals surface area contributed by atoms with Crippen LogP contribution < -0.4 is 9.80 Å². The van der Waals surface area contributed by atoms with Gasteiger partial charge in [0.25, 0.3) is 0 Å². The van der Waals surface area contributed by atoms with Gasteiger partial charge in [-0.1, -0.05) is 18.6 Å². The highest BCUT2D eigenvalue weighted by Gasteiger charge is 2.29. The van der Waals surface area contributed by atoms with Gasteiger partial charge in [-0.15, -0.1) is 0 Å². The van der Waals surface area contributed by atoms with Gasteiger partial charge in [0.05, 0.1) is 18.9 Å². The van der Waals surface area contributed by atoms with E-state index in [1.165, 1.54) is 19.3 Å². The van der Waals surface area contributed by atoms with E-state index in [0.717, 1.165) is 85.5 Å². The molecule has 3 aromatic rings. The van der Waals surface area contributed by atoms with Crippen molar-refractivity contribution in [1.29, 1.82) is 0 Å². The van der Waals surface area contributed by atoms with E-state index < -0.39 is 0 Å². The highest BCUT2D eigenvalue weighted by Crippen LogP contribution is 2.40. The molecule has 0 bridgehead atoms. The smallest absolute Gasteiger partial charge is 0.228 e. The highest BCUT2D eigenvalue weighted by atomic mass is 16.5. The minimum atomic E-state index is 0.345. The Morgan fingerprint density at radius 3 is 2.46 bits per heavy atom. The van der Waals surface area contributed by atoms with Crippen molar-refractivity contribution in [2.45, 2.75) is 32.2 Å². The van der Waals surface area contributed by atoms with Crippen molar-refractivity contribution in [3.8, 4) is 17.0 Å². The molecule has 182 valence electrons. The number of anilines is 3. The lowest BCUT2D eigenvalue weighted by atomic mass is 10.0. The van der Waals surface area contributed by atoms with Gasteiger partial charge < -0.3 is 19.6 Å². The number of ether oxygens (including phenoxy) is 1. The van der Waals surface area contributed by atoms with Gasteiger partial charge in [0.15, 0.2) is 0 Å². The average Bonchev–Trinajstić information content (AvgIpc) is 3.35. The fourth-order valence-electron chi connectivity index (χ4n) is 5.37.